The van der Waals surface area contributed by atoms with Gasteiger partial charge in [0.15, 0.2) is 0 Å². The summed E-state index contributed by atoms with van der Waals surface area (Å²) >= 11 is 0. The second kappa shape index (κ2) is 4.61. The average molecular weight is 217 g/mol. The molecular formula is C10H19NO4. The number of hydrogen-bond donors (Lipinski definition) is 1. The van der Waals surface area contributed by atoms with Crippen molar-refractivity contribution in [2.45, 2.75) is 38.8 Å². The second-order valence-corrected chi connectivity index (χ2v) is 4.67. The van der Waals surface area contributed by atoms with Crippen LogP contribution in [0.4, 0.5) is 4.79 Å². The van der Waals surface area contributed by atoms with Gasteiger partial charge < -0.3 is 14.6 Å². The van der Waals surface area contributed by atoms with Gasteiger partial charge in [0.25, 0.3) is 0 Å². The molecule has 0 aliphatic carbocycles. The first-order valence-electron chi connectivity index (χ1n) is 4.70. The molecule has 0 aromatic rings. The van der Waals surface area contributed by atoms with Crippen LogP contribution in [0.25, 0.3) is 0 Å². The van der Waals surface area contributed by atoms with Crippen LogP contribution < -0.4 is 0 Å². The number of aldehydes is 1. The molecule has 0 bridgehead atoms. The van der Waals surface area contributed by atoms with Gasteiger partial charge >= 0.3 is 6.09 Å². The molecule has 0 aliphatic rings. The Bertz CT molecular complexity index is 246. The predicted molar refractivity (Wildman–Crippen MR) is 55.6 cm³/mol. The summed E-state index contributed by atoms with van der Waals surface area (Å²) in [5.41, 5.74) is -1.85. The lowest BCUT2D eigenvalue weighted by atomic mass is 10.1. The van der Waals surface area contributed by atoms with Gasteiger partial charge in [0, 0.05) is 7.05 Å². The number of nitrogens with zero attached hydrogens (tertiary/aromatic N) is 1. The molecule has 0 aromatic carbocycles. The minimum Gasteiger partial charge on any atom is -0.444 e. The van der Waals surface area contributed by atoms with Gasteiger partial charge in [-0.3, -0.25) is 4.90 Å². The van der Waals surface area contributed by atoms with Gasteiger partial charge in [0.1, 0.15) is 17.4 Å². The molecule has 0 saturated carbocycles. The fourth-order valence-electron chi connectivity index (χ4n) is 0.761. The van der Waals surface area contributed by atoms with Gasteiger partial charge in [-0.15, -0.1) is 0 Å². The van der Waals surface area contributed by atoms with Gasteiger partial charge in [-0.1, -0.05) is 0 Å². The highest BCUT2D eigenvalue weighted by atomic mass is 16.6. The number of likely N-dealkylation sites (N-methyl/N-ethyl adjacent to an activating group) is 1. The Kier molecular flexibility index (Phi) is 4.27. The summed E-state index contributed by atoms with van der Waals surface area (Å²) in [6.07, 6.45) is -0.108. The summed E-state index contributed by atoms with van der Waals surface area (Å²) < 4.78 is 5.07. The number of ether oxygens (including phenoxy) is 1. The molecule has 0 rings (SSSR count). The Balaban J connectivity index is 4.64. The molecule has 1 N–H and O–H groups in total. The zero-order chi connectivity index (χ0) is 12.3. The average Bonchev–Trinajstić information content (AvgIpc) is 2.12. The van der Waals surface area contributed by atoms with Crippen LogP contribution >= 0.6 is 0 Å². The molecule has 0 saturated heterocycles. The van der Waals surface area contributed by atoms with Gasteiger partial charge in [-0.05, 0) is 27.7 Å². The second-order valence-electron chi connectivity index (χ2n) is 4.67. The lowest BCUT2D eigenvalue weighted by Crippen LogP contribution is -2.52. The molecule has 0 heterocycles. The van der Waals surface area contributed by atoms with Gasteiger partial charge in [-0.25, -0.2) is 4.79 Å². The van der Waals surface area contributed by atoms with Crippen molar-refractivity contribution in [3.63, 3.8) is 0 Å². The SMILES string of the molecule is CN(C(=O)OC(C)(C)C)[C@](C)(C=O)CO. The smallest absolute Gasteiger partial charge is 0.410 e. The molecule has 88 valence electrons. The molecule has 0 aliphatic heterocycles. The normalized spacial score (nSPS) is 15.3. The lowest BCUT2D eigenvalue weighted by molar-refractivity contribution is -0.119. The van der Waals surface area contributed by atoms with Crippen LogP contribution in [0.2, 0.25) is 0 Å². The van der Waals surface area contributed by atoms with Crippen molar-refractivity contribution in [3.8, 4) is 0 Å². The monoisotopic (exact) mass is 217 g/mol. The largest absolute Gasteiger partial charge is 0.444 e. The molecule has 0 fully saturated rings. The molecule has 5 heteroatoms. The van der Waals surface area contributed by atoms with Gasteiger partial charge in [-0.2, -0.15) is 0 Å². The van der Waals surface area contributed by atoms with Crippen LogP contribution in [0.3, 0.4) is 0 Å². The van der Waals surface area contributed by atoms with Crippen molar-refractivity contribution in [1.29, 1.82) is 0 Å². The Morgan fingerprint density at radius 1 is 1.40 bits per heavy atom. The van der Waals surface area contributed by atoms with E-state index in [2.05, 4.69) is 0 Å². The van der Waals surface area contributed by atoms with Gasteiger partial charge in [0.05, 0.1) is 6.61 Å². The van der Waals surface area contributed by atoms with Crippen molar-refractivity contribution in [1.82, 2.24) is 4.90 Å². The van der Waals surface area contributed by atoms with Crippen molar-refractivity contribution < 1.29 is 19.4 Å². The summed E-state index contributed by atoms with van der Waals surface area (Å²) in [4.78, 5) is 23.4. The number of aliphatic hydroxyl groups excluding tert-OH is 1. The first-order valence-corrected chi connectivity index (χ1v) is 4.70. The number of hydrogen-bond acceptors (Lipinski definition) is 4. The zero-order valence-corrected chi connectivity index (χ0v) is 9.90. The molecule has 1 amide bonds. The van der Waals surface area contributed by atoms with E-state index in [0.717, 1.165) is 4.90 Å². The number of rotatable bonds is 3. The van der Waals surface area contributed by atoms with Crippen LogP contribution in [0, 0.1) is 0 Å². The number of aliphatic hydroxyl groups is 1. The van der Waals surface area contributed by atoms with Crippen molar-refractivity contribution in [3.05, 3.63) is 0 Å². The highest BCUT2D eigenvalue weighted by molar-refractivity contribution is 5.76. The minimum absolute atomic E-state index is 0.438. The highest BCUT2D eigenvalue weighted by Gasteiger charge is 2.34. The number of carbonyl (C=O) groups excluding carboxylic acids is 2. The maximum absolute atomic E-state index is 11.6. The first-order chi connectivity index (χ1) is 6.66. The number of carbonyl (C=O) groups is 2. The summed E-state index contributed by atoms with van der Waals surface area (Å²) in [5.74, 6) is 0. The quantitative estimate of drug-likeness (QED) is 0.710. The third-order valence-electron chi connectivity index (χ3n) is 2.01. The lowest BCUT2D eigenvalue weighted by Gasteiger charge is -2.33. The van der Waals surface area contributed by atoms with E-state index in [4.69, 9.17) is 9.84 Å². The summed E-state index contributed by atoms with van der Waals surface area (Å²) in [5, 5.41) is 9.02. The molecule has 5 nitrogen and oxygen atoms in total. The third-order valence-corrected chi connectivity index (χ3v) is 2.01. The van der Waals surface area contributed by atoms with E-state index in [0.29, 0.717) is 6.29 Å². The van der Waals surface area contributed by atoms with E-state index in [9.17, 15) is 9.59 Å². The first kappa shape index (κ1) is 13.9. The van der Waals surface area contributed by atoms with E-state index >= 15 is 0 Å². The van der Waals surface area contributed by atoms with Crippen molar-refractivity contribution in [2.75, 3.05) is 13.7 Å². The Labute approximate surface area is 90.0 Å². The van der Waals surface area contributed by atoms with Gasteiger partial charge in [0.2, 0.25) is 0 Å². The molecular weight excluding hydrogens is 198 g/mol. The van der Waals surface area contributed by atoms with E-state index < -0.39 is 23.8 Å². The van der Waals surface area contributed by atoms with Crippen molar-refractivity contribution in [2.24, 2.45) is 0 Å². The maximum Gasteiger partial charge on any atom is 0.410 e. The summed E-state index contributed by atoms with van der Waals surface area (Å²) in [6.45, 7) is 6.22. The number of amides is 1. The van der Waals surface area contributed by atoms with Crippen LogP contribution in [0.5, 0.6) is 0 Å². The van der Waals surface area contributed by atoms with Crippen LogP contribution in [-0.2, 0) is 9.53 Å². The van der Waals surface area contributed by atoms with Crippen LogP contribution in [-0.4, -0.2) is 47.2 Å². The highest BCUT2D eigenvalue weighted by Crippen LogP contribution is 2.15. The molecule has 0 aromatic heterocycles. The molecule has 0 spiro atoms. The minimum atomic E-state index is -1.23. The zero-order valence-electron chi connectivity index (χ0n) is 9.90. The third kappa shape index (κ3) is 3.87. The maximum atomic E-state index is 11.6. The van der Waals surface area contributed by atoms with Crippen LogP contribution in [0.1, 0.15) is 27.7 Å². The van der Waals surface area contributed by atoms with E-state index in [-0.39, 0.29) is 0 Å². The Morgan fingerprint density at radius 3 is 2.13 bits per heavy atom. The van der Waals surface area contributed by atoms with Crippen molar-refractivity contribution >= 4 is 12.4 Å². The van der Waals surface area contributed by atoms with E-state index in [1.807, 2.05) is 0 Å². The fraction of sp³-hybridized carbons (Fsp3) is 0.800. The standard InChI is InChI=1S/C10H19NO4/c1-9(2,3)15-8(14)11(5)10(4,6-12)7-13/h6,13H,7H2,1-5H3/t10-/m1/s1. The van der Waals surface area contributed by atoms with E-state index in [1.54, 1.807) is 20.8 Å². The fourth-order valence-corrected chi connectivity index (χ4v) is 0.761. The summed E-state index contributed by atoms with van der Waals surface area (Å²) in [7, 11) is 1.42. The molecule has 15 heavy (non-hydrogen) atoms. The Hall–Kier alpha value is -1.10. The predicted octanol–water partition coefficient (Wildman–Crippen LogP) is 0.803. The topological polar surface area (TPSA) is 66.8 Å². The van der Waals surface area contributed by atoms with Crippen LogP contribution in [0.15, 0.2) is 0 Å². The summed E-state index contributed by atoms with van der Waals surface area (Å²) in [6, 6.07) is 0. The Morgan fingerprint density at radius 2 is 1.87 bits per heavy atom. The molecule has 1 atom stereocenters. The molecule has 0 unspecified atom stereocenters. The van der Waals surface area contributed by atoms with E-state index in [1.165, 1.54) is 14.0 Å². The molecule has 0 radical (unpaired) electrons.